The second kappa shape index (κ2) is 13.0. The molecule has 146 valence electrons. The maximum absolute atomic E-state index is 12.4. The van der Waals surface area contributed by atoms with Crippen molar-refractivity contribution in [1.29, 1.82) is 0 Å². The molecule has 0 bridgehead atoms. The molecule has 1 aromatic rings. The lowest BCUT2D eigenvalue weighted by Gasteiger charge is -2.16. The summed E-state index contributed by atoms with van der Waals surface area (Å²) in [7, 11) is 0. The second-order valence-corrected chi connectivity index (χ2v) is 5.70. The molecular weight excluding hydrogens is 332 g/mol. The molecule has 26 heavy (non-hydrogen) atoms. The van der Waals surface area contributed by atoms with Gasteiger partial charge in [0, 0.05) is 11.8 Å². The Morgan fingerprint density at radius 1 is 0.962 bits per heavy atom. The number of benzene rings is 1. The Bertz CT molecular complexity index is 546. The van der Waals surface area contributed by atoms with E-state index in [4.69, 9.17) is 14.2 Å². The normalized spacial score (nSPS) is 10.8. The minimum atomic E-state index is -0.306. The predicted molar refractivity (Wildman–Crippen MR) is 105 cm³/mol. The summed E-state index contributed by atoms with van der Waals surface area (Å²) >= 11 is 0. The molecule has 0 saturated heterocycles. The molecule has 1 amide bonds. The Labute approximate surface area is 156 Å². The van der Waals surface area contributed by atoms with E-state index >= 15 is 0 Å². The summed E-state index contributed by atoms with van der Waals surface area (Å²) in [6.07, 6.45) is 7.31. The van der Waals surface area contributed by atoms with Crippen LogP contribution >= 0.6 is 0 Å². The molecule has 0 fully saturated rings. The van der Waals surface area contributed by atoms with Crippen LogP contribution in [0.25, 0.3) is 0 Å². The third kappa shape index (κ3) is 7.33. The number of carbonyl (C=O) groups is 1. The van der Waals surface area contributed by atoms with Crippen LogP contribution in [0.1, 0.15) is 70.2 Å². The van der Waals surface area contributed by atoms with Gasteiger partial charge in [-0.15, -0.1) is 0 Å². The third-order valence-electron chi connectivity index (χ3n) is 3.62. The van der Waals surface area contributed by atoms with Gasteiger partial charge in [-0.25, -0.2) is 5.43 Å². The Morgan fingerprint density at radius 2 is 1.58 bits per heavy atom. The molecule has 0 radical (unpaired) electrons. The van der Waals surface area contributed by atoms with Crippen molar-refractivity contribution in [3.8, 4) is 17.2 Å². The zero-order chi connectivity index (χ0) is 19.2. The first-order valence-corrected chi connectivity index (χ1v) is 9.56. The smallest absolute Gasteiger partial charge is 0.271 e. The van der Waals surface area contributed by atoms with Gasteiger partial charge in [-0.05, 0) is 45.7 Å². The van der Waals surface area contributed by atoms with Crippen LogP contribution in [0.15, 0.2) is 17.2 Å². The summed E-state index contributed by atoms with van der Waals surface area (Å²) < 4.78 is 16.9. The Hall–Kier alpha value is -2.24. The molecule has 0 atom stereocenters. The van der Waals surface area contributed by atoms with E-state index in [1.165, 1.54) is 19.3 Å². The third-order valence-corrected chi connectivity index (χ3v) is 3.62. The van der Waals surface area contributed by atoms with Crippen LogP contribution in [0, 0.1) is 0 Å². The van der Waals surface area contributed by atoms with Crippen molar-refractivity contribution in [3.63, 3.8) is 0 Å². The highest BCUT2D eigenvalue weighted by Gasteiger charge is 2.18. The number of hydrogen-bond acceptors (Lipinski definition) is 5. The quantitative estimate of drug-likeness (QED) is 0.316. The molecule has 0 heterocycles. The lowest BCUT2D eigenvalue weighted by Crippen LogP contribution is -2.18. The van der Waals surface area contributed by atoms with Crippen LogP contribution in [0.5, 0.6) is 17.2 Å². The van der Waals surface area contributed by atoms with Crippen LogP contribution in [0.3, 0.4) is 0 Å². The predicted octanol–water partition coefficient (Wildman–Crippen LogP) is 4.57. The van der Waals surface area contributed by atoms with Crippen LogP contribution in [-0.4, -0.2) is 31.9 Å². The van der Waals surface area contributed by atoms with Crippen LogP contribution < -0.4 is 19.6 Å². The fraction of sp³-hybridized carbons (Fsp3) is 0.600. The van der Waals surface area contributed by atoms with Crippen molar-refractivity contribution >= 4 is 12.1 Å². The number of nitrogens with zero attached hydrogens (tertiary/aromatic N) is 1. The highest BCUT2D eigenvalue weighted by Crippen LogP contribution is 2.39. The van der Waals surface area contributed by atoms with Crippen molar-refractivity contribution in [1.82, 2.24) is 5.43 Å². The van der Waals surface area contributed by atoms with Crippen molar-refractivity contribution < 1.29 is 19.0 Å². The maximum atomic E-state index is 12.4. The zero-order valence-corrected chi connectivity index (χ0v) is 16.5. The number of amides is 1. The van der Waals surface area contributed by atoms with Crippen LogP contribution in [0.4, 0.5) is 0 Å². The second-order valence-electron chi connectivity index (χ2n) is 5.70. The van der Waals surface area contributed by atoms with Gasteiger partial charge in [0.1, 0.15) is 0 Å². The van der Waals surface area contributed by atoms with Crippen LogP contribution in [-0.2, 0) is 0 Å². The molecule has 0 aliphatic carbocycles. The first kappa shape index (κ1) is 21.8. The van der Waals surface area contributed by atoms with E-state index in [-0.39, 0.29) is 5.91 Å². The molecule has 0 aliphatic heterocycles. The summed E-state index contributed by atoms with van der Waals surface area (Å²) in [6, 6.07) is 3.31. The van der Waals surface area contributed by atoms with Gasteiger partial charge >= 0.3 is 0 Å². The Kier molecular flexibility index (Phi) is 10.9. The van der Waals surface area contributed by atoms with E-state index < -0.39 is 0 Å². The number of nitrogens with one attached hydrogen (secondary N) is 1. The van der Waals surface area contributed by atoms with E-state index in [1.807, 2.05) is 20.8 Å². The molecule has 1 rings (SSSR count). The molecule has 6 heteroatoms. The van der Waals surface area contributed by atoms with Gasteiger partial charge in [-0.3, -0.25) is 4.79 Å². The zero-order valence-electron chi connectivity index (χ0n) is 16.5. The van der Waals surface area contributed by atoms with E-state index in [0.29, 0.717) is 42.6 Å². The number of hydrazone groups is 1. The molecule has 0 spiro atoms. The molecule has 1 aromatic carbocycles. The largest absolute Gasteiger partial charge is 0.490 e. The Morgan fingerprint density at radius 3 is 2.12 bits per heavy atom. The lowest BCUT2D eigenvalue weighted by molar-refractivity contribution is 0.0954. The topological polar surface area (TPSA) is 69.2 Å². The van der Waals surface area contributed by atoms with Crippen molar-refractivity contribution in [2.75, 3.05) is 19.8 Å². The van der Waals surface area contributed by atoms with E-state index in [1.54, 1.807) is 18.3 Å². The molecule has 1 N–H and O–H groups in total. The fourth-order valence-electron chi connectivity index (χ4n) is 2.42. The van der Waals surface area contributed by atoms with E-state index in [2.05, 4.69) is 17.5 Å². The number of unbranched alkanes of at least 4 members (excludes halogenated alkanes) is 4. The van der Waals surface area contributed by atoms with Gasteiger partial charge in [-0.1, -0.05) is 26.2 Å². The van der Waals surface area contributed by atoms with Crippen LogP contribution in [0.2, 0.25) is 0 Å². The van der Waals surface area contributed by atoms with Crippen molar-refractivity contribution in [2.45, 2.75) is 59.8 Å². The monoisotopic (exact) mass is 364 g/mol. The minimum Gasteiger partial charge on any atom is -0.490 e. The van der Waals surface area contributed by atoms with Gasteiger partial charge in [0.25, 0.3) is 5.91 Å². The molecule has 0 aromatic heterocycles. The molecule has 0 aliphatic rings. The number of rotatable bonds is 13. The number of carbonyl (C=O) groups excluding carboxylic acids is 1. The maximum Gasteiger partial charge on any atom is 0.271 e. The standard InChI is InChI=1S/C20H32N2O4/c1-5-9-10-11-12-13-21-22-20(23)16-14-17(24-6-2)19(26-8-4)18(15-16)25-7-3/h13-15H,5-12H2,1-4H3,(H,22,23)/b21-13+. The molecule has 0 unspecified atom stereocenters. The van der Waals surface area contributed by atoms with Gasteiger partial charge in [0.15, 0.2) is 11.5 Å². The summed E-state index contributed by atoms with van der Waals surface area (Å²) in [6.45, 7) is 9.24. The first-order valence-electron chi connectivity index (χ1n) is 9.56. The SMILES string of the molecule is CCCCCC/C=N/NC(=O)c1cc(OCC)c(OCC)c(OCC)c1. The number of ether oxygens (including phenoxy) is 3. The highest BCUT2D eigenvalue weighted by atomic mass is 16.5. The Balaban J connectivity index is 2.83. The lowest BCUT2D eigenvalue weighted by atomic mass is 10.1. The minimum absolute atomic E-state index is 0.306. The highest BCUT2D eigenvalue weighted by molar-refractivity contribution is 5.95. The van der Waals surface area contributed by atoms with Gasteiger partial charge < -0.3 is 14.2 Å². The van der Waals surface area contributed by atoms with E-state index in [0.717, 1.165) is 12.8 Å². The number of hydrogen-bond donors (Lipinski definition) is 1. The van der Waals surface area contributed by atoms with Crippen molar-refractivity contribution in [2.24, 2.45) is 5.10 Å². The van der Waals surface area contributed by atoms with Gasteiger partial charge in [0.2, 0.25) is 5.75 Å². The molecular formula is C20H32N2O4. The average Bonchev–Trinajstić information content (AvgIpc) is 2.63. The fourth-order valence-corrected chi connectivity index (χ4v) is 2.42. The van der Waals surface area contributed by atoms with E-state index in [9.17, 15) is 4.79 Å². The molecule has 6 nitrogen and oxygen atoms in total. The first-order chi connectivity index (χ1) is 12.7. The van der Waals surface area contributed by atoms with Gasteiger partial charge in [0.05, 0.1) is 19.8 Å². The summed E-state index contributed by atoms with van der Waals surface area (Å²) in [5, 5.41) is 4.02. The summed E-state index contributed by atoms with van der Waals surface area (Å²) in [5.41, 5.74) is 2.98. The summed E-state index contributed by atoms with van der Waals surface area (Å²) in [5.74, 6) is 1.20. The van der Waals surface area contributed by atoms with Crippen molar-refractivity contribution in [3.05, 3.63) is 17.7 Å². The average molecular weight is 364 g/mol. The molecule has 0 saturated carbocycles. The summed E-state index contributed by atoms with van der Waals surface area (Å²) in [4.78, 5) is 12.4. The van der Waals surface area contributed by atoms with Gasteiger partial charge in [-0.2, -0.15) is 5.10 Å².